The van der Waals surface area contributed by atoms with Crippen molar-refractivity contribution in [3.8, 4) is 0 Å². The molecule has 0 radical (unpaired) electrons. The minimum Gasteiger partial charge on any atom is -0.339 e. The van der Waals surface area contributed by atoms with Crippen molar-refractivity contribution in [3.63, 3.8) is 0 Å². The van der Waals surface area contributed by atoms with Crippen molar-refractivity contribution in [2.75, 3.05) is 6.54 Å². The fourth-order valence-corrected chi connectivity index (χ4v) is 3.43. The molecular weight excluding hydrogens is 230 g/mol. The standard InChI is InChI=1S/C10H14BrNO/c11-9-1-2-12(10(9)13)8-4-6-3-7(6)5-8/h6-9H,1-5H2. The van der Waals surface area contributed by atoms with Crippen molar-refractivity contribution in [2.24, 2.45) is 11.8 Å². The number of fused-ring (bicyclic) bond motifs is 1. The van der Waals surface area contributed by atoms with E-state index in [4.69, 9.17) is 0 Å². The summed E-state index contributed by atoms with van der Waals surface area (Å²) < 4.78 is 0. The summed E-state index contributed by atoms with van der Waals surface area (Å²) in [6.45, 7) is 0.985. The summed E-state index contributed by atoms with van der Waals surface area (Å²) in [4.78, 5) is 13.9. The maximum Gasteiger partial charge on any atom is 0.236 e. The minimum absolute atomic E-state index is 0.115. The van der Waals surface area contributed by atoms with E-state index in [2.05, 4.69) is 20.8 Å². The van der Waals surface area contributed by atoms with Crippen LogP contribution in [0.1, 0.15) is 25.7 Å². The average Bonchev–Trinajstić information content (AvgIpc) is 2.58. The predicted octanol–water partition coefficient (Wildman–Crippen LogP) is 1.78. The number of likely N-dealkylation sites (tertiary alicyclic amines) is 1. The normalized spacial score (nSPS) is 48.4. The number of halogens is 1. The first-order valence-corrected chi connectivity index (χ1v) is 6.12. The molecule has 1 amide bonds. The van der Waals surface area contributed by atoms with Gasteiger partial charge < -0.3 is 4.90 Å². The van der Waals surface area contributed by atoms with E-state index in [1.54, 1.807) is 0 Å². The molecule has 0 aromatic heterocycles. The van der Waals surface area contributed by atoms with Crippen LogP contribution in [0.2, 0.25) is 0 Å². The highest BCUT2D eigenvalue weighted by Crippen LogP contribution is 2.53. The molecule has 3 atom stereocenters. The highest BCUT2D eigenvalue weighted by Gasteiger charge is 2.49. The lowest BCUT2D eigenvalue weighted by Crippen LogP contribution is -2.36. The minimum atomic E-state index is 0.115. The monoisotopic (exact) mass is 243 g/mol. The summed E-state index contributed by atoms with van der Waals surface area (Å²) in [5, 5.41) is 0. The topological polar surface area (TPSA) is 20.3 Å². The van der Waals surface area contributed by atoms with Crippen LogP contribution in [-0.4, -0.2) is 28.2 Å². The van der Waals surface area contributed by atoms with Gasteiger partial charge in [0.1, 0.15) is 0 Å². The van der Waals surface area contributed by atoms with Crippen molar-refractivity contribution in [1.82, 2.24) is 4.90 Å². The van der Waals surface area contributed by atoms with Crippen LogP contribution in [0, 0.1) is 11.8 Å². The van der Waals surface area contributed by atoms with E-state index in [9.17, 15) is 4.79 Å². The summed E-state index contributed by atoms with van der Waals surface area (Å²) in [6, 6.07) is 0.596. The first-order valence-electron chi connectivity index (χ1n) is 5.20. The fraction of sp³-hybridized carbons (Fsp3) is 0.900. The molecule has 0 bridgehead atoms. The summed E-state index contributed by atoms with van der Waals surface area (Å²) in [5.74, 6) is 2.30. The maximum atomic E-state index is 11.7. The van der Waals surface area contributed by atoms with Gasteiger partial charge in [0.25, 0.3) is 0 Å². The third-order valence-electron chi connectivity index (χ3n) is 3.83. The van der Waals surface area contributed by atoms with Crippen molar-refractivity contribution in [3.05, 3.63) is 0 Å². The summed E-state index contributed by atoms with van der Waals surface area (Å²) in [6.07, 6.45) is 5.02. The molecule has 1 saturated heterocycles. The van der Waals surface area contributed by atoms with E-state index in [-0.39, 0.29) is 4.83 Å². The Bertz CT molecular complexity index is 245. The predicted molar refractivity (Wildman–Crippen MR) is 53.7 cm³/mol. The van der Waals surface area contributed by atoms with Crippen LogP contribution in [0.5, 0.6) is 0 Å². The van der Waals surface area contributed by atoms with E-state index >= 15 is 0 Å². The largest absolute Gasteiger partial charge is 0.339 e. The number of nitrogens with zero attached hydrogens (tertiary/aromatic N) is 1. The molecule has 3 heteroatoms. The van der Waals surface area contributed by atoms with Crippen molar-refractivity contribution in [1.29, 1.82) is 0 Å². The fourth-order valence-electron chi connectivity index (χ4n) is 2.97. The Hall–Kier alpha value is -0.0500. The van der Waals surface area contributed by atoms with Crippen LogP contribution in [0.4, 0.5) is 0 Å². The number of rotatable bonds is 1. The third kappa shape index (κ3) is 1.24. The molecule has 1 heterocycles. The van der Waals surface area contributed by atoms with Crippen molar-refractivity contribution >= 4 is 21.8 Å². The average molecular weight is 244 g/mol. The molecule has 3 aliphatic rings. The van der Waals surface area contributed by atoms with Gasteiger partial charge in [-0.3, -0.25) is 4.79 Å². The molecule has 3 rings (SSSR count). The highest BCUT2D eigenvalue weighted by molar-refractivity contribution is 9.10. The molecule has 0 aromatic rings. The Balaban J connectivity index is 1.69. The van der Waals surface area contributed by atoms with E-state index in [1.165, 1.54) is 19.3 Å². The van der Waals surface area contributed by atoms with Gasteiger partial charge >= 0.3 is 0 Å². The van der Waals surface area contributed by atoms with Gasteiger partial charge in [-0.1, -0.05) is 15.9 Å². The second-order valence-corrected chi connectivity index (χ2v) is 5.77. The van der Waals surface area contributed by atoms with Gasteiger partial charge in [-0.05, 0) is 37.5 Å². The zero-order valence-corrected chi connectivity index (χ0v) is 9.16. The lowest BCUT2D eigenvalue weighted by atomic mass is 10.1. The molecular formula is C10H14BrNO. The first kappa shape index (κ1) is 8.27. The number of hydrogen-bond acceptors (Lipinski definition) is 1. The van der Waals surface area contributed by atoms with Gasteiger partial charge in [-0.2, -0.15) is 0 Å². The van der Waals surface area contributed by atoms with Gasteiger partial charge in [0, 0.05) is 12.6 Å². The molecule has 0 N–H and O–H groups in total. The van der Waals surface area contributed by atoms with E-state index in [1.807, 2.05) is 0 Å². The first-order chi connectivity index (χ1) is 6.25. The number of amides is 1. The second-order valence-electron chi connectivity index (χ2n) is 4.67. The molecule has 72 valence electrons. The van der Waals surface area contributed by atoms with Crippen LogP contribution in [0.3, 0.4) is 0 Å². The maximum absolute atomic E-state index is 11.7. The Morgan fingerprint density at radius 2 is 1.92 bits per heavy atom. The summed E-state index contributed by atoms with van der Waals surface area (Å²) in [7, 11) is 0. The number of carbonyl (C=O) groups is 1. The van der Waals surface area contributed by atoms with Gasteiger partial charge in [0.15, 0.2) is 0 Å². The number of alkyl halides is 1. The zero-order valence-electron chi connectivity index (χ0n) is 7.58. The van der Waals surface area contributed by atoms with Gasteiger partial charge in [-0.15, -0.1) is 0 Å². The molecule has 0 spiro atoms. The Kier molecular flexibility index (Phi) is 1.73. The second kappa shape index (κ2) is 2.72. The number of hydrogen-bond donors (Lipinski definition) is 0. The quantitative estimate of drug-likeness (QED) is 0.644. The van der Waals surface area contributed by atoms with E-state index in [0.29, 0.717) is 11.9 Å². The van der Waals surface area contributed by atoms with Gasteiger partial charge in [-0.25, -0.2) is 0 Å². The molecule has 13 heavy (non-hydrogen) atoms. The van der Waals surface area contributed by atoms with Crippen LogP contribution in [0.15, 0.2) is 0 Å². The molecule has 2 saturated carbocycles. The molecule has 2 aliphatic carbocycles. The summed E-state index contributed by atoms with van der Waals surface area (Å²) in [5.41, 5.74) is 0. The molecule has 2 nitrogen and oxygen atoms in total. The van der Waals surface area contributed by atoms with E-state index in [0.717, 1.165) is 24.8 Å². The molecule has 0 aromatic carbocycles. The Labute approximate surface area is 86.8 Å². The van der Waals surface area contributed by atoms with Crippen molar-refractivity contribution < 1.29 is 4.79 Å². The molecule has 3 fully saturated rings. The van der Waals surface area contributed by atoms with Crippen molar-refractivity contribution in [2.45, 2.75) is 36.6 Å². The van der Waals surface area contributed by atoms with Crippen LogP contribution in [0.25, 0.3) is 0 Å². The van der Waals surface area contributed by atoms with E-state index < -0.39 is 0 Å². The lowest BCUT2D eigenvalue weighted by Gasteiger charge is -2.25. The molecule has 3 unspecified atom stereocenters. The van der Waals surface area contributed by atoms with Gasteiger partial charge in [0.2, 0.25) is 5.91 Å². The van der Waals surface area contributed by atoms with Gasteiger partial charge in [0.05, 0.1) is 4.83 Å². The van der Waals surface area contributed by atoms with Crippen LogP contribution in [-0.2, 0) is 4.79 Å². The van der Waals surface area contributed by atoms with Crippen LogP contribution >= 0.6 is 15.9 Å². The molecule has 1 aliphatic heterocycles. The Morgan fingerprint density at radius 3 is 2.46 bits per heavy atom. The van der Waals surface area contributed by atoms with Crippen LogP contribution < -0.4 is 0 Å². The lowest BCUT2D eigenvalue weighted by molar-refractivity contribution is -0.129. The zero-order chi connectivity index (χ0) is 9.00. The Morgan fingerprint density at radius 1 is 1.23 bits per heavy atom. The smallest absolute Gasteiger partial charge is 0.236 e. The number of carbonyl (C=O) groups excluding carboxylic acids is 1. The highest BCUT2D eigenvalue weighted by atomic mass is 79.9. The summed E-state index contributed by atoms with van der Waals surface area (Å²) >= 11 is 3.43. The SMILES string of the molecule is O=C1C(Br)CCN1C1CC2CC2C1. The third-order valence-corrected chi connectivity index (χ3v) is 4.68.